The van der Waals surface area contributed by atoms with Crippen molar-refractivity contribution in [2.45, 2.75) is 6.92 Å². The number of anilines is 2. The Hall–Kier alpha value is -2.23. The van der Waals surface area contributed by atoms with Gasteiger partial charge in [-0.05, 0) is 25.1 Å². The molecule has 3 heterocycles. The molecule has 0 saturated heterocycles. The Bertz CT molecular complexity index is 881. The first kappa shape index (κ1) is 15.7. The number of carbonyl (C=O) groups is 1. The summed E-state index contributed by atoms with van der Waals surface area (Å²) in [6, 6.07) is 5.59. The fraction of sp³-hybridized carbons (Fsp3) is 0.143. The zero-order valence-electron chi connectivity index (χ0n) is 12.1. The van der Waals surface area contributed by atoms with Gasteiger partial charge in [0.25, 0.3) is 5.91 Å². The van der Waals surface area contributed by atoms with E-state index in [4.69, 9.17) is 5.11 Å². The van der Waals surface area contributed by atoms with Gasteiger partial charge in [0.15, 0.2) is 5.13 Å². The summed E-state index contributed by atoms with van der Waals surface area (Å²) >= 11 is 5.31. The summed E-state index contributed by atoms with van der Waals surface area (Å²) in [5.74, 6) is -0.503. The second-order valence-electron chi connectivity index (χ2n) is 4.71. The topological polar surface area (TPSA) is 100 Å². The van der Waals surface area contributed by atoms with E-state index in [2.05, 4.69) is 37.8 Å². The van der Waals surface area contributed by atoms with Crippen LogP contribution in [0.1, 0.15) is 5.69 Å². The quantitative estimate of drug-likeness (QED) is 0.540. The molecule has 0 aromatic carbocycles. The lowest BCUT2D eigenvalue weighted by Crippen LogP contribution is -2.14. The van der Waals surface area contributed by atoms with Crippen molar-refractivity contribution in [3.05, 3.63) is 30.1 Å². The van der Waals surface area contributed by atoms with E-state index in [1.54, 1.807) is 6.20 Å². The molecule has 0 spiro atoms. The lowest BCUT2D eigenvalue weighted by molar-refractivity contribution is -0.118. The monoisotopic (exact) mass is 347 g/mol. The first-order chi connectivity index (χ1) is 11.1. The number of aliphatic hydroxyl groups is 1. The van der Waals surface area contributed by atoms with Crippen LogP contribution in [0, 0.1) is 6.92 Å². The van der Waals surface area contributed by atoms with Gasteiger partial charge in [0, 0.05) is 11.8 Å². The van der Waals surface area contributed by atoms with Crippen LogP contribution in [0.2, 0.25) is 0 Å². The largest absolute Gasteiger partial charge is 0.387 e. The first-order valence-electron chi connectivity index (χ1n) is 6.66. The van der Waals surface area contributed by atoms with Crippen LogP contribution in [0.15, 0.2) is 24.4 Å². The van der Waals surface area contributed by atoms with E-state index in [0.29, 0.717) is 15.5 Å². The fourth-order valence-electron chi connectivity index (χ4n) is 1.98. The van der Waals surface area contributed by atoms with E-state index < -0.39 is 12.5 Å². The van der Waals surface area contributed by atoms with Crippen LogP contribution in [0.3, 0.4) is 0 Å². The summed E-state index contributed by atoms with van der Waals surface area (Å²) in [6.45, 7) is 1.31. The minimum absolute atomic E-state index is 0.406. The number of thiol groups is 1. The Morgan fingerprint density at radius 2 is 2.22 bits per heavy atom. The summed E-state index contributed by atoms with van der Waals surface area (Å²) in [5.41, 5.74) is 3.94. The molecule has 0 aliphatic heterocycles. The van der Waals surface area contributed by atoms with E-state index in [-0.39, 0.29) is 0 Å². The number of hydrogen-bond acceptors (Lipinski definition) is 8. The third-order valence-electron chi connectivity index (χ3n) is 3.15. The van der Waals surface area contributed by atoms with Gasteiger partial charge >= 0.3 is 0 Å². The van der Waals surface area contributed by atoms with Crippen molar-refractivity contribution in [1.29, 1.82) is 0 Å². The van der Waals surface area contributed by atoms with E-state index in [9.17, 15) is 4.79 Å². The number of nitrogens with zero attached hydrogens (tertiary/aromatic N) is 3. The molecule has 9 heteroatoms. The van der Waals surface area contributed by atoms with Crippen LogP contribution < -0.4 is 10.0 Å². The number of hydrogen-bond donors (Lipinski definition) is 4. The van der Waals surface area contributed by atoms with Crippen molar-refractivity contribution in [2.75, 3.05) is 16.6 Å². The molecule has 3 rings (SSSR count). The molecular weight excluding hydrogens is 334 g/mol. The van der Waals surface area contributed by atoms with E-state index in [1.807, 2.05) is 25.1 Å². The molecule has 3 aromatic rings. The van der Waals surface area contributed by atoms with Gasteiger partial charge in [-0.15, -0.1) is 0 Å². The molecule has 0 fully saturated rings. The van der Waals surface area contributed by atoms with Gasteiger partial charge in [-0.2, -0.15) is 0 Å². The second kappa shape index (κ2) is 6.49. The third kappa shape index (κ3) is 3.26. The molecule has 0 aliphatic carbocycles. The molecule has 0 atom stereocenters. The molecule has 0 bridgehead atoms. The number of aliphatic hydroxyl groups excluding tert-OH is 1. The fourth-order valence-corrected chi connectivity index (χ4v) is 3.06. The first-order valence-corrected chi connectivity index (χ1v) is 7.92. The summed E-state index contributed by atoms with van der Waals surface area (Å²) in [7, 11) is 0. The van der Waals surface area contributed by atoms with Gasteiger partial charge in [0.1, 0.15) is 17.0 Å². The lowest BCUT2D eigenvalue weighted by Gasteiger charge is -2.06. The van der Waals surface area contributed by atoms with E-state index in [0.717, 1.165) is 22.6 Å². The Morgan fingerprint density at radius 3 is 2.96 bits per heavy atom. The molecule has 0 radical (unpaired) electrons. The molecule has 0 unspecified atom stereocenters. The standard InChI is InChI=1S/C14H13N5O2S2/c1-7-11(19-22)4-8(5-15-7)9-2-3-10-13(16-9)23-14(17-10)18-12(21)6-20/h2-5,19-20,22H,6H2,1H3,(H,17,18,21). The minimum Gasteiger partial charge on any atom is -0.387 e. The maximum absolute atomic E-state index is 11.2. The van der Waals surface area contributed by atoms with Crippen molar-refractivity contribution in [2.24, 2.45) is 0 Å². The lowest BCUT2D eigenvalue weighted by atomic mass is 10.1. The van der Waals surface area contributed by atoms with Gasteiger partial charge in [0.05, 0.1) is 17.1 Å². The number of fused-ring (bicyclic) bond motifs is 1. The highest BCUT2D eigenvalue weighted by molar-refractivity contribution is 7.81. The predicted molar refractivity (Wildman–Crippen MR) is 93.7 cm³/mol. The average Bonchev–Trinajstić information content (AvgIpc) is 2.96. The zero-order valence-corrected chi connectivity index (χ0v) is 13.8. The van der Waals surface area contributed by atoms with Gasteiger partial charge in [-0.3, -0.25) is 15.1 Å². The van der Waals surface area contributed by atoms with Crippen LogP contribution in [0.5, 0.6) is 0 Å². The number of pyridine rings is 2. The Kier molecular flexibility index (Phi) is 4.42. The summed E-state index contributed by atoms with van der Waals surface area (Å²) in [4.78, 5) is 25.0. The van der Waals surface area contributed by atoms with Crippen LogP contribution in [-0.2, 0) is 4.79 Å². The van der Waals surface area contributed by atoms with Gasteiger partial charge < -0.3 is 9.83 Å². The van der Waals surface area contributed by atoms with Crippen LogP contribution in [0.25, 0.3) is 21.6 Å². The van der Waals surface area contributed by atoms with Gasteiger partial charge in [-0.1, -0.05) is 24.2 Å². The van der Waals surface area contributed by atoms with Crippen LogP contribution >= 0.6 is 24.2 Å². The Balaban J connectivity index is 1.98. The van der Waals surface area contributed by atoms with Gasteiger partial charge in [-0.25, -0.2) is 9.97 Å². The Morgan fingerprint density at radius 1 is 1.39 bits per heavy atom. The highest BCUT2D eigenvalue weighted by Crippen LogP contribution is 2.28. The highest BCUT2D eigenvalue weighted by atomic mass is 32.1. The van der Waals surface area contributed by atoms with E-state index >= 15 is 0 Å². The maximum atomic E-state index is 11.2. The molecule has 1 amide bonds. The number of aromatic nitrogens is 3. The van der Waals surface area contributed by atoms with Crippen molar-refractivity contribution >= 4 is 51.2 Å². The zero-order chi connectivity index (χ0) is 16.4. The number of carbonyl (C=O) groups excluding carboxylic acids is 1. The summed E-state index contributed by atoms with van der Waals surface area (Å²) in [6.07, 6.45) is 1.74. The van der Waals surface area contributed by atoms with Crippen molar-refractivity contribution < 1.29 is 9.90 Å². The molecule has 23 heavy (non-hydrogen) atoms. The maximum Gasteiger partial charge on any atom is 0.251 e. The predicted octanol–water partition coefficient (Wildman–Crippen LogP) is 2.25. The summed E-state index contributed by atoms with van der Waals surface area (Å²) < 4.78 is 2.80. The smallest absolute Gasteiger partial charge is 0.251 e. The number of rotatable bonds is 4. The SMILES string of the molecule is Cc1ncc(-c2ccc3nc(NC(=O)CO)sc3n2)cc1NS. The third-order valence-corrected chi connectivity index (χ3v) is 4.27. The van der Waals surface area contributed by atoms with Crippen molar-refractivity contribution in [3.63, 3.8) is 0 Å². The molecular formula is C14H13N5O2S2. The normalized spacial score (nSPS) is 10.7. The number of thiazole rings is 1. The molecule has 0 saturated carbocycles. The average molecular weight is 347 g/mol. The van der Waals surface area contributed by atoms with Crippen LogP contribution in [-0.4, -0.2) is 32.6 Å². The number of nitrogens with one attached hydrogen (secondary N) is 2. The molecule has 118 valence electrons. The van der Waals surface area contributed by atoms with Crippen LogP contribution in [0.4, 0.5) is 10.8 Å². The molecule has 0 aliphatic rings. The number of amides is 1. The van der Waals surface area contributed by atoms with Gasteiger partial charge in [0.2, 0.25) is 0 Å². The minimum atomic E-state index is -0.580. The number of aryl methyl sites for hydroxylation is 1. The summed E-state index contributed by atoms with van der Waals surface area (Å²) in [5, 5.41) is 11.7. The van der Waals surface area contributed by atoms with Crippen molar-refractivity contribution in [1.82, 2.24) is 15.0 Å². The molecule has 3 N–H and O–H groups in total. The van der Waals surface area contributed by atoms with E-state index in [1.165, 1.54) is 11.3 Å². The Labute approximate surface area is 141 Å². The second-order valence-corrected chi connectivity index (χ2v) is 5.92. The molecule has 3 aromatic heterocycles. The highest BCUT2D eigenvalue weighted by Gasteiger charge is 2.10. The van der Waals surface area contributed by atoms with Crippen molar-refractivity contribution in [3.8, 4) is 11.3 Å². The molecule has 7 nitrogen and oxygen atoms in total.